The Kier molecular flexibility index (Phi) is 13.7. The summed E-state index contributed by atoms with van der Waals surface area (Å²) in [6.07, 6.45) is 15.2. The Labute approximate surface area is 345 Å². The van der Waals surface area contributed by atoms with Crippen LogP contribution in [0.4, 0.5) is 5.69 Å². The van der Waals surface area contributed by atoms with Crippen molar-refractivity contribution < 1.29 is 19.7 Å². The summed E-state index contributed by atoms with van der Waals surface area (Å²) < 4.78 is 6.12. The van der Waals surface area contributed by atoms with Gasteiger partial charge in [-0.2, -0.15) is 15.8 Å². The van der Waals surface area contributed by atoms with Crippen LogP contribution in [0.1, 0.15) is 110 Å². The number of allylic oxidation sites excluding steroid dienone is 9. The van der Waals surface area contributed by atoms with E-state index in [9.17, 15) is 30.8 Å². The van der Waals surface area contributed by atoms with Crippen molar-refractivity contribution in [2.45, 2.75) is 117 Å². The molecule has 0 fully saturated rings. The minimum absolute atomic E-state index is 0.00666. The third-order valence-corrected chi connectivity index (χ3v) is 12.0. The highest BCUT2D eigenvalue weighted by atomic mass is 16.5. The average Bonchev–Trinajstić information content (AvgIpc) is 3.56. The number of unbranched alkanes of at least 4 members (excludes halogenated alkanes) is 2. The summed E-state index contributed by atoms with van der Waals surface area (Å²) in [5.41, 5.74) is 9.12. The topological polar surface area (TPSA) is 141 Å². The minimum Gasteiger partial charge on any atom is -0.481 e. The molecule has 8 heteroatoms. The van der Waals surface area contributed by atoms with Crippen molar-refractivity contribution in [3.05, 3.63) is 134 Å². The molecule has 1 unspecified atom stereocenters. The van der Waals surface area contributed by atoms with Crippen molar-refractivity contribution >= 4 is 11.7 Å². The summed E-state index contributed by atoms with van der Waals surface area (Å²) in [5, 5.41) is 48.2. The quantitative estimate of drug-likeness (QED) is 0.143. The summed E-state index contributed by atoms with van der Waals surface area (Å²) in [6.45, 7) is 16.1. The van der Waals surface area contributed by atoms with Gasteiger partial charge in [-0.3, -0.25) is 4.79 Å². The molecule has 1 atom stereocenters. The second-order valence-electron chi connectivity index (χ2n) is 17.8. The number of aliphatic carboxylic acids is 1. The van der Waals surface area contributed by atoms with Crippen molar-refractivity contribution in [2.75, 3.05) is 18.1 Å². The van der Waals surface area contributed by atoms with Crippen LogP contribution in [0.15, 0.2) is 118 Å². The highest BCUT2D eigenvalue weighted by Gasteiger charge is 2.41. The van der Waals surface area contributed by atoms with E-state index in [1.807, 2.05) is 32.1 Å². The first-order valence-corrected chi connectivity index (χ1v) is 20.5. The van der Waals surface area contributed by atoms with Gasteiger partial charge in [0.2, 0.25) is 0 Å². The molecule has 5 rings (SSSR count). The number of nitrogens with zero attached hydrogens (tertiary/aromatic N) is 4. The van der Waals surface area contributed by atoms with Gasteiger partial charge in [-0.05, 0) is 116 Å². The number of carbonyl (C=O) groups is 1. The zero-order chi connectivity index (χ0) is 42.3. The molecular weight excluding hydrogens is 721 g/mol. The van der Waals surface area contributed by atoms with E-state index in [-0.39, 0.29) is 40.8 Å². The van der Waals surface area contributed by atoms with E-state index in [4.69, 9.17) is 4.74 Å². The highest BCUT2D eigenvalue weighted by Crippen LogP contribution is 2.49. The first-order chi connectivity index (χ1) is 27.5. The maximum absolute atomic E-state index is 11.2. The number of aliphatic hydroxyl groups excluding tert-OH is 1. The van der Waals surface area contributed by atoms with Gasteiger partial charge in [0.05, 0.1) is 0 Å². The molecule has 2 aliphatic heterocycles. The zero-order valence-corrected chi connectivity index (χ0v) is 35.3. The SMILES string of the molecule is CC1(C)OC(=C(C#N)C#N)C(C#N)=C1/C=C/C1=C(Cc2ccc(CCCO)cc2)C(=C/C=C2/N(CCCCCC(=O)O)c3ccccc3C2(C)C)/CC(C(C)(C)C)C1. The van der Waals surface area contributed by atoms with Gasteiger partial charge in [0.25, 0.3) is 0 Å². The molecule has 58 heavy (non-hydrogen) atoms. The molecule has 0 bridgehead atoms. The lowest BCUT2D eigenvalue weighted by Gasteiger charge is -2.37. The molecule has 1 aliphatic carbocycles. The molecule has 2 aromatic rings. The number of rotatable bonds is 14. The number of carboxylic acids is 1. The first-order valence-electron chi connectivity index (χ1n) is 20.5. The fourth-order valence-electron chi connectivity index (χ4n) is 8.49. The van der Waals surface area contributed by atoms with Gasteiger partial charge in [-0.15, -0.1) is 0 Å². The van der Waals surface area contributed by atoms with E-state index in [2.05, 4.69) is 112 Å². The predicted molar refractivity (Wildman–Crippen MR) is 229 cm³/mol. The summed E-state index contributed by atoms with van der Waals surface area (Å²) in [5.74, 6) is -0.410. The van der Waals surface area contributed by atoms with Crippen LogP contribution in [0.3, 0.4) is 0 Å². The van der Waals surface area contributed by atoms with E-state index < -0.39 is 11.6 Å². The Hall–Kier alpha value is -5.62. The third-order valence-electron chi connectivity index (χ3n) is 12.0. The molecule has 8 nitrogen and oxygen atoms in total. The van der Waals surface area contributed by atoms with Gasteiger partial charge in [0.15, 0.2) is 11.3 Å². The standard InChI is InChI=1S/C50H58N4O4/c1-48(2,3)39-29-36(22-24-42-41(33-53)47(38(31-51)32-52)58-50(42,6)7)40(28-35-20-18-34(19-21-35)14-13-27-55)37(30-39)23-25-45-49(4,5)43-15-10-11-16-44(43)54(45)26-12-8-9-17-46(56)57/h10-11,15-16,18-25,39,55H,8-9,12-14,17,26-30H2,1-7H3,(H,56,57)/b24-22+,37-23+,45-25+. The number of para-hydroxylation sites is 1. The van der Waals surface area contributed by atoms with Gasteiger partial charge in [-0.1, -0.05) is 102 Å². The molecule has 0 aromatic heterocycles. The Bertz CT molecular complexity index is 2190. The maximum atomic E-state index is 11.2. The van der Waals surface area contributed by atoms with Gasteiger partial charge in [-0.25, -0.2) is 0 Å². The van der Waals surface area contributed by atoms with Crippen LogP contribution >= 0.6 is 0 Å². The van der Waals surface area contributed by atoms with Crippen LogP contribution in [0, 0.1) is 45.3 Å². The highest BCUT2D eigenvalue weighted by molar-refractivity contribution is 5.71. The molecule has 302 valence electrons. The molecule has 0 saturated carbocycles. The molecule has 2 N–H and O–H groups in total. The van der Waals surface area contributed by atoms with Crippen LogP contribution in [0.2, 0.25) is 0 Å². The minimum atomic E-state index is -0.928. The molecule has 3 aliphatic rings. The van der Waals surface area contributed by atoms with E-state index in [0.717, 1.165) is 45.1 Å². The third kappa shape index (κ3) is 9.73. The zero-order valence-electron chi connectivity index (χ0n) is 35.3. The number of nitriles is 3. The fraction of sp³-hybridized carbons (Fsp3) is 0.440. The summed E-state index contributed by atoms with van der Waals surface area (Å²) in [7, 11) is 0. The molecule has 2 heterocycles. The smallest absolute Gasteiger partial charge is 0.303 e. The van der Waals surface area contributed by atoms with Crippen molar-refractivity contribution in [3.63, 3.8) is 0 Å². The fourth-order valence-corrected chi connectivity index (χ4v) is 8.49. The van der Waals surface area contributed by atoms with E-state index in [1.165, 1.54) is 44.8 Å². The Morgan fingerprint density at radius 3 is 2.24 bits per heavy atom. The predicted octanol–water partition coefficient (Wildman–Crippen LogP) is 10.6. The molecule has 0 radical (unpaired) electrons. The second kappa shape index (κ2) is 18.3. The van der Waals surface area contributed by atoms with Crippen molar-refractivity contribution in [1.29, 1.82) is 15.8 Å². The summed E-state index contributed by atoms with van der Waals surface area (Å²) in [4.78, 5) is 13.6. The number of aryl methyl sites for hydroxylation is 1. The normalized spacial score (nSPS) is 20.0. The summed E-state index contributed by atoms with van der Waals surface area (Å²) >= 11 is 0. The van der Waals surface area contributed by atoms with E-state index in [0.29, 0.717) is 24.3 Å². The van der Waals surface area contributed by atoms with Crippen molar-refractivity contribution in [1.82, 2.24) is 0 Å². The van der Waals surface area contributed by atoms with E-state index >= 15 is 0 Å². The number of fused-ring (bicyclic) bond motifs is 1. The number of aliphatic hydroxyl groups is 1. The van der Waals surface area contributed by atoms with Crippen LogP contribution in [-0.2, 0) is 27.8 Å². The monoisotopic (exact) mass is 778 g/mol. The molecule has 0 spiro atoms. The Morgan fingerprint density at radius 2 is 1.60 bits per heavy atom. The number of hydrogen-bond donors (Lipinski definition) is 2. The number of benzene rings is 2. The lowest BCUT2D eigenvalue weighted by Crippen LogP contribution is -2.27. The van der Waals surface area contributed by atoms with Gasteiger partial charge < -0.3 is 19.8 Å². The molecule has 2 aromatic carbocycles. The number of carboxylic acid groups (broad SMARTS) is 1. The van der Waals surface area contributed by atoms with Gasteiger partial charge in [0, 0.05) is 41.9 Å². The first kappa shape index (κ1) is 43.5. The lowest BCUT2D eigenvalue weighted by molar-refractivity contribution is -0.137. The Balaban J connectivity index is 1.67. The van der Waals surface area contributed by atoms with Crippen LogP contribution in [-0.4, -0.2) is 34.9 Å². The molecule has 0 saturated heterocycles. The van der Waals surface area contributed by atoms with Gasteiger partial charge >= 0.3 is 5.97 Å². The van der Waals surface area contributed by atoms with Crippen LogP contribution in [0.25, 0.3) is 0 Å². The number of anilines is 1. The molecule has 0 amide bonds. The average molecular weight is 779 g/mol. The summed E-state index contributed by atoms with van der Waals surface area (Å²) in [6, 6.07) is 23.3. The molecular formula is C50H58N4O4. The van der Waals surface area contributed by atoms with Crippen LogP contribution < -0.4 is 4.90 Å². The Morgan fingerprint density at radius 1 is 0.914 bits per heavy atom. The maximum Gasteiger partial charge on any atom is 0.303 e. The largest absolute Gasteiger partial charge is 0.481 e. The van der Waals surface area contributed by atoms with E-state index in [1.54, 1.807) is 0 Å². The van der Waals surface area contributed by atoms with Crippen molar-refractivity contribution in [3.8, 4) is 18.2 Å². The number of ether oxygens (including phenoxy) is 1. The van der Waals surface area contributed by atoms with Crippen molar-refractivity contribution in [2.24, 2.45) is 11.3 Å². The second-order valence-corrected chi connectivity index (χ2v) is 17.8. The number of hydrogen-bond acceptors (Lipinski definition) is 7. The lowest BCUT2D eigenvalue weighted by atomic mass is 9.68. The van der Waals surface area contributed by atoms with Gasteiger partial charge in [0.1, 0.15) is 29.4 Å². The van der Waals surface area contributed by atoms with Crippen LogP contribution in [0.5, 0.6) is 0 Å².